The molecule has 3 aromatic heterocycles. The zero-order valence-electron chi connectivity index (χ0n) is 14.9. The van der Waals surface area contributed by atoms with Crippen molar-refractivity contribution in [1.29, 1.82) is 0 Å². The predicted octanol–water partition coefficient (Wildman–Crippen LogP) is 4.20. The molecule has 4 aromatic rings. The zero-order valence-corrected chi connectivity index (χ0v) is 16.5. The van der Waals surface area contributed by atoms with Gasteiger partial charge < -0.3 is 9.15 Å². The van der Waals surface area contributed by atoms with Gasteiger partial charge in [-0.1, -0.05) is 23.2 Å². The maximum atomic E-state index is 12.6. The van der Waals surface area contributed by atoms with Crippen molar-refractivity contribution in [2.24, 2.45) is 0 Å². The molecule has 0 aliphatic heterocycles. The second-order valence-corrected chi connectivity index (χ2v) is 6.94. The minimum Gasteiger partial charge on any atom is -0.401 e. The van der Waals surface area contributed by atoms with Crippen LogP contribution in [0.4, 0.5) is 0 Å². The number of pyridine rings is 1. The lowest BCUT2D eigenvalue weighted by Gasteiger charge is -2.08. The van der Waals surface area contributed by atoms with Crippen LogP contribution >= 0.6 is 23.2 Å². The number of fused-ring (bicyclic) bond motifs is 1. The Kier molecular flexibility index (Phi) is 4.89. The Bertz CT molecular complexity index is 1250. The summed E-state index contributed by atoms with van der Waals surface area (Å²) in [6, 6.07) is 8.41. The Morgan fingerprint density at radius 1 is 1.25 bits per heavy atom. The summed E-state index contributed by atoms with van der Waals surface area (Å²) in [7, 11) is 1.56. The van der Waals surface area contributed by atoms with Gasteiger partial charge in [0.05, 0.1) is 28.2 Å². The van der Waals surface area contributed by atoms with Crippen molar-refractivity contribution in [3.8, 4) is 17.4 Å². The Morgan fingerprint density at radius 3 is 2.82 bits per heavy atom. The average Bonchev–Trinajstić information content (AvgIpc) is 3.07. The normalized spacial score (nSPS) is 11.3. The standard InChI is InChI=1S/C19H14Cl2N4O3/c1-10-6-11(20)7-13-16(10)23-18(28-19(13)26)15-8-12(9-27-2)24-25(15)17-14(21)4-3-5-22-17/h3-8H,9H2,1-2H3. The molecule has 4 rings (SSSR count). The molecule has 1 aromatic carbocycles. The summed E-state index contributed by atoms with van der Waals surface area (Å²) < 4.78 is 12.1. The quantitative estimate of drug-likeness (QED) is 0.495. The van der Waals surface area contributed by atoms with E-state index in [9.17, 15) is 4.79 Å². The highest BCUT2D eigenvalue weighted by molar-refractivity contribution is 6.32. The number of hydrogen-bond donors (Lipinski definition) is 0. The van der Waals surface area contributed by atoms with Gasteiger partial charge in [0.15, 0.2) is 5.82 Å². The van der Waals surface area contributed by atoms with Crippen LogP contribution < -0.4 is 5.63 Å². The van der Waals surface area contributed by atoms with Gasteiger partial charge >= 0.3 is 5.63 Å². The number of rotatable bonds is 4. The minimum absolute atomic E-state index is 0.0968. The van der Waals surface area contributed by atoms with Gasteiger partial charge in [-0.25, -0.2) is 19.4 Å². The van der Waals surface area contributed by atoms with Gasteiger partial charge in [0.25, 0.3) is 0 Å². The number of halogens is 2. The van der Waals surface area contributed by atoms with Crippen LogP contribution in [-0.4, -0.2) is 26.9 Å². The molecular weight excluding hydrogens is 403 g/mol. The minimum atomic E-state index is -0.543. The van der Waals surface area contributed by atoms with Gasteiger partial charge in [-0.15, -0.1) is 0 Å². The summed E-state index contributed by atoms with van der Waals surface area (Å²) in [5, 5.41) is 5.62. The highest BCUT2D eigenvalue weighted by atomic mass is 35.5. The maximum absolute atomic E-state index is 12.6. The molecule has 0 radical (unpaired) electrons. The van der Waals surface area contributed by atoms with Gasteiger partial charge in [-0.2, -0.15) is 5.10 Å². The molecule has 0 saturated carbocycles. The first kappa shape index (κ1) is 18.6. The lowest BCUT2D eigenvalue weighted by atomic mass is 10.1. The van der Waals surface area contributed by atoms with Crippen LogP contribution in [0.5, 0.6) is 0 Å². The molecule has 0 saturated heterocycles. The van der Waals surface area contributed by atoms with E-state index in [2.05, 4.69) is 15.1 Å². The molecule has 0 spiro atoms. The number of ether oxygens (including phenoxy) is 1. The summed E-state index contributed by atoms with van der Waals surface area (Å²) in [5.41, 5.74) is 1.76. The highest BCUT2D eigenvalue weighted by Gasteiger charge is 2.20. The van der Waals surface area contributed by atoms with E-state index in [1.54, 1.807) is 37.6 Å². The van der Waals surface area contributed by atoms with Crippen molar-refractivity contribution in [1.82, 2.24) is 19.7 Å². The number of aryl methyl sites for hydroxylation is 1. The smallest absolute Gasteiger partial charge is 0.347 e. The number of benzene rings is 1. The molecule has 3 heterocycles. The fourth-order valence-electron chi connectivity index (χ4n) is 2.91. The Hall–Kier alpha value is -2.74. The van der Waals surface area contributed by atoms with Crippen LogP contribution in [0.1, 0.15) is 11.3 Å². The van der Waals surface area contributed by atoms with Crippen molar-refractivity contribution in [2.75, 3.05) is 7.11 Å². The number of hydrogen-bond acceptors (Lipinski definition) is 6. The second-order valence-electron chi connectivity index (χ2n) is 6.10. The first-order valence-corrected chi connectivity index (χ1v) is 9.03. The van der Waals surface area contributed by atoms with E-state index in [0.717, 1.165) is 5.56 Å². The Morgan fingerprint density at radius 2 is 2.07 bits per heavy atom. The molecule has 142 valence electrons. The first-order valence-electron chi connectivity index (χ1n) is 8.28. The largest absolute Gasteiger partial charge is 0.401 e. The number of methoxy groups -OCH3 is 1. The van der Waals surface area contributed by atoms with Crippen molar-refractivity contribution >= 4 is 34.1 Å². The lowest BCUT2D eigenvalue weighted by molar-refractivity contribution is 0.181. The van der Waals surface area contributed by atoms with Crippen molar-refractivity contribution in [2.45, 2.75) is 13.5 Å². The third kappa shape index (κ3) is 3.28. The summed E-state index contributed by atoms with van der Waals surface area (Å²) in [6.07, 6.45) is 1.60. The summed E-state index contributed by atoms with van der Waals surface area (Å²) in [6.45, 7) is 2.09. The average molecular weight is 417 g/mol. The van der Waals surface area contributed by atoms with Gasteiger partial charge in [0.1, 0.15) is 5.69 Å². The second kappa shape index (κ2) is 7.35. The van der Waals surface area contributed by atoms with Gasteiger partial charge in [0, 0.05) is 18.3 Å². The van der Waals surface area contributed by atoms with Crippen LogP contribution in [-0.2, 0) is 11.3 Å². The van der Waals surface area contributed by atoms with Crippen LogP contribution in [0.3, 0.4) is 0 Å². The summed E-state index contributed by atoms with van der Waals surface area (Å²) in [5.74, 6) is 0.485. The summed E-state index contributed by atoms with van der Waals surface area (Å²) >= 11 is 12.3. The van der Waals surface area contributed by atoms with Crippen LogP contribution in [0.15, 0.2) is 45.7 Å². The van der Waals surface area contributed by atoms with Crippen molar-refractivity contribution in [3.63, 3.8) is 0 Å². The van der Waals surface area contributed by atoms with Crippen LogP contribution in [0, 0.1) is 6.92 Å². The van der Waals surface area contributed by atoms with Gasteiger partial charge in [-0.3, -0.25) is 0 Å². The van der Waals surface area contributed by atoms with E-state index < -0.39 is 5.63 Å². The van der Waals surface area contributed by atoms with Gasteiger partial charge in [-0.05, 0) is 42.8 Å². The maximum Gasteiger partial charge on any atom is 0.347 e. The van der Waals surface area contributed by atoms with E-state index in [4.69, 9.17) is 32.4 Å². The van der Waals surface area contributed by atoms with E-state index in [1.807, 2.05) is 6.92 Å². The first-order chi connectivity index (χ1) is 13.5. The SMILES string of the molecule is COCc1cc(-c2nc3c(C)cc(Cl)cc3c(=O)o2)n(-c2ncccc2Cl)n1. The fourth-order valence-corrected chi connectivity index (χ4v) is 3.39. The molecule has 0 unspecified atom stereocenters. The lowest BCUT2D eigenvalue weighted by Crippen LogP contribution is -2.08. The summed E-state index contributed by atoms with van der Waals surface area (Å²) in [4.78, 5) is 21.4. The van der Waals surface area contributed by atoms with E-state index >= 15 is 0 Å². The highest BCUT2D eigenvalue weighted by Crippen LogP contribution is 2.27. The molecule has 0 bridgehead atoms. The molecule has 9 heteroatoms. The molecule has 0 N–H and O–H groups in total. The van der Waals surface area contributed by atoms with E-state index in [0.29, 0.717) is 38.2 Å². The molecule has 0 aliphatic rings. The van der Waals surface area contributed by atoms with Crippen molar-refractivity contribution < 1.29 is 9.15 Å². The monoisotopic (exact) mass is 416 g/mol. The van der Waals surface area contributed by atoms with Gasteiger partial charge in [0.2, 0.25) is 5.89 Å². The van der Waals surface area contributed by atoms with E-state index in [-0.39, 0.29) is 12.5 Å². The Labute approximate surface area is 169 Å². The third-order valence-corrected chi connectivity index (χ3v) is 4.61. The van der Waals surface area contributed by atoms with Crippen molar-refractivity contribution in [3.05, 3.63) is 68.3 Å². The number of aromatic nitrogens is 4. The molecule has 28 heavy (non-hydrogen) atoms. The van der Waals surface area contributed by atoms with Crippen LogP contribution in [0.2, 0.25) is 10.0 Å². The van der Waals surface area contributed by atoms with E-state index in [1.165, 1.54) is 10.7 Å². The molecular formula is C19H14Cl2N4O3. The number of nitrogens with zero attached hydrogens (tertiary/aromatic N) is 4. The van der Waals surface area contributed by atoms with Crippen LogP contribution in [0.25, 0.3) is 28.3 Å². The molecule has 0 amide bonds. The molecule has 0 aliphatic carbocycles. The fraction of sp³-hybridized carbons (Fsp3) is 0.158. The Balaban J connectivity index is 1.99. The predicted molar refractivity (Wildman–Crippen MR) is 106 cm³/mol. The molecule has 7 nitrogen and oxygen atoms in total. The topological polar surface area (TPSA) is 83.0 Å². The molecule has 0 fully saturated rings. The third-order valence-electron chi connectivity index (χ3n) is 4.10. The zero-order chi connectivity index (χ0) is 19.8. The molecule has 0 atom stereocenters.